The van der Waals surface area contributed by atoms with Crippen molar-refractivity contribution in [3.05, 3.63) is 24.3 Å². The van der Waals surface area contributed by atoms with E-state index in [1.165, 1.54) is 109 Å². The summed E-state index contributed by atoms with van der Waals surface area (Å²) in [5.41, 5.74) is 0. The summed E-state index contributed by atoms with van der Waals surface area (Å²) in [6, 6.07) is -0.712. The minimum absolute atomic E-state index is 0.317. The van der Waals surface area contributed by atoms with Gasteiger partial charge >= 0.3 is 0 Å². The summed E-state index contributed by atoms with van der Waals surface area (Å²) >= 11 is 0. The number of aliphatic hydroxyl groups is 3. The number of unbranched alkanes of at least 4 members (excludes halogenated alkanes) is 20. The number of nitrogens with one attached hydrogen (secondary N) is 1. The zero-order valence-electron chi connectivity index (χ0n) is 27.9. The number of allylic oxidation sites excluding steroid dienone is 4. The largest absolute Gasteiger partial charge is 0.394 e. The molecule has 3 atom stereocenters. The molecule has 5 heteroatoms. The maximum Gasteiger partial charge on any atom is 0.249 e. The summed E-state index contributed by atoms with van der Waals surface area (Å²) in [5, 5.41) is 33.1. The van der Waals surface area contributed by atoms with Crippen LogP contribution in [0, 0.1) is 0 Å². The van der Waals surface area contributed by atoms with Gasteiger partial charge in [-0.25, -0.2) is 0 Å². The zero-order chi connectivity index (χ0) is 30.9. The monoisotopic (exact) mass is 594 g/mol. The van der Waals surface area contributed by atoms with Crippen LogP contribution in [-0.2, 0) is 4.79 Å². The van der Waals surface area contributed by atoms with Gasteiger partial charge < -0.3 is 20.6 Å². The first-order chi connectivity index (χ1) is 20.6. The first-order valence-corrected chi connectivity index (χ1v) is 18.1. The molecule has 0 aliphatic rings. The molecule has 1 amide bonds. The lowest BCUT2D eigenvalue weighted by atomic mass is 10.0. The summed E-state index contributed by atoms with van der Waals surface area (Å²) in [6.45, 7) is 4.18. The van der Waals surface area contributed by atoms with E-state index in [4.69, 9.17) is 0 Å². The fourth-order valence-corrected chi connectivity index (χ4v) is 5.40. The van der Waals surface area contributed by atoms with Gasteiger partial charge in [0.25, 0.3) is 0 Å². The highest BCUT2D eigenvalue weighted by atomic mass is 16.3. The summed E-state index contributed by atoms with van der Waals surface area (Å²) in [7, 11) is 0. The van der Waals surface area contributed by atoms with E-state index < -0.39 is 24.2 Å². The van der Waals surface area contributed by atoms with Crippen molar-refractivity contribution in [3.63, 3.8) is 0 Å². The molecule has 0 saturated heterocycles. The molecule has 4 N–H and O–H groups in total. The zero-order valence-corrected chi connectivity index (χ0v) is 27.9. The highest BCUT2D eigenvalue weighted by Gasteiger charge is 2.23. The molecule has 0 aromatic heterocycles. The van der Waals surface area contributed by atoms with Gasteiger partial charge in [0.05, 0.1) is 18.8 Å². The van der Waals surface area contributed by atoms with Gasteiger partial charge in [-0.15, -0.1) is 0 Å². The van der Waals surface area contributed by atoms with Crippen molar-refractivity contribution in [2.24, 2.45) is 0 Å². The average Bonchev–Trinajstić information content (AvgIpc) is 2.99. The summed E-state index contributed by atoms with van der Waals surface area (Å²) in [6.07, 6.45) is 37.2. The molecule has 0 fully saturated rings. The van der Waals surface area contributed by atoms with Gasteiger partial charge in [0.2, 0.25) is 5.91 Å². The van der Waals surface area contributed by atoms with Gasteiger partial charge in [-0.3, -0.25) is 4.79 Å². The molecule has 0 aromatic carbocycles. The van der Waals surface area contributed by atoms with Crippen LogP contribution in [0.4, 0.5) is 0 Å². The van der Waals surface area contributed by atoms with E-state index in [0.29, 0.717) is 12.8 Å². The predicted molar refractivity (Wildman–Crippen MR) is 181 cm³/mol. The van der Waals surface area contributed by atoms with E-state index in [9.17, 15) is 20.1 Å². The number of aliphatic hydroxyl groups excluding tert-OH is 3. The standard InChI is InChI=1S/C37H71NO4/c1-3-5-7-9-11-13-15-17-18-19-20-22-24-26-28-30-32-36(41)37(42)38-34(33-39)35(40)31-29-27-25-23-21-16-14-12-10-8-6-4-2/h11,13,17-18,34-36,39-41H,3-10,12,14-16,19-33H2,1-2H3,(H,38,42)/b13-11-,18-17-. The van der Waals surface area contributed by atoms with Crippen molar-refractivity contribution < 1.29 is 20.1 Å². The van der Waals surface area contributed by atoms with Gasteiger partial charge in [-0.2, -0.15) is 0 Å². The first kappa shape index (κ1) is 40.8. The molecule has 0 spiro atoms. The van der Waals surface area contributed by atoms with Crippen molar-refractivity contribution in [1.82, 2.24) is 5.32 Å². The quantitative estimate of drug-likeness (QED) is 0.0462. The molecule has 0 aromatic rings. The van der Waals surface area contributed by atoms with Gasteiger partial charge in [0, 0.05) is 0 Å². The van der Waals surface area contributed by atoms with Crippen LogP contribution in [0.2, 0.25) is 0 Å². The van der Waals surface area contributed by atoms with E-state index in [2.05, 4.69) is 43.5 Å². The van der Waals surface area contributed by atoms with Crippen LogP contribution in [-0.4, -0.2) is 46.1 Å². The Morgan fingerprint density at radius 2 is 0.976 bits per heavy atom. The minimum atomic E-state index is -1.08. The number of rotatable bonds is 32. The maximum absolute atomic E-state index is 12.4. The summed E-state index contributed by atoms with van der Waals surface area (Å²) in [5.74, 6) is -0.481. The van der Waals surface area contributed by atoms with Crippen LogP contribution in [0.15, 0.2) is 24.3 Å². The topological polar surface area (TPSA) is 89.8 Å². The first-order valence-electron chi connectivity index (χ1n) is 18.1. The third-order valence-corrected chi connectivity index (χ3v) is 8.32. The molecular formula is C37H71NO4. The molecule has 248 valence electrons. The second-order valence-electron chi connectivity index (χ2n) is 12.4. The van der Waals surface area contributed by atoms with Gasteiger partial charge in [0.15, 0.2) is 0 Å². The Hall–Kier alpha value is -1.17. The van der Waals surface area contributed by atoms with E-state index >= 15 is 0 Å². The van der Waals surface area contributed by atoms with Gasteiger partial charge in [-0.1, -0.05) is 160 Å². The van der Waals surface area contributed by atoms with Crippen molar-refractivity contribution in [2.45, 2.75) is 199 Å². The van der Waals surface area contributed by atoms with Crippen molar-refractivity contribution in [2.75, 3.05) is 6.61 Å². The van der Waals surface area contributed by atoms with Gasteiger partial charge in [-0.05, 0) is 44.9 Å². The maximum atomic E-state index is 12.4. The van der Waals surface area contributed by atoms with Crippen LogP contribution in [0.5, 0.6) is 0 Å². The van der Waals surface area contributed by atoms with Crippen LogP contribution in [0.1, 0.15) is 181 Å². The lowest BCUT2D eigenvalue weighted by molar-refractivity contribution is -0.131. The third-order valence-electron chi connectivity index (χ3n) is 8.32. The molecule has 0 aliphatic carbocycles. The average molecular weight is 594 g/mol. The number of hydrogen-bond acceptors (Lipinski definition) is 4. The SMILES string of the molecule is CCCCC/C=C\C/C=C\CCCCCCCCC(O)C(=O)NC(CO)C(O)CCCCCCCCCCCCCC. The van der Waals surface area contributed by atoms with E-state index in [1.807, 2.05) is 0 Å². The third kappa shape index (κ3) is 27.7. The predicted octanol–water partition coefficient (Wildman–Crippen LogP) is 9.48. The Labute approximate surface area is 261 Å². The van der Waals surface area contributed by atoms with Crippen LogP contribution in [0.3, 0.4) is 0 Å². The summed E-state index contributed by atoms with van der Waals surface area (Å²) < 4.78 is 0. The fraction of sp³-hybridized carbons (Fsp3) is 0.865. The Morgan fingerprint density at radius 3 is 1.48 bits per heavy atom. The second-order valence-corrected chi connectivity index (χ2v) is 12.4. The Morgan fingerprint density at radius 1 is 0.571 bits per heavy atom. The highest BCUT2D eigenvalue weighted by molar-refractivity contribution is 5.80. The normalized spacial score (nSPS) is 14.1. The lowest BCUT2D eigenvalue weighted by Gasteiger charge is -2.23. The highest BCUT2D eigenvalue weighted by Crippen LogP contribution is 2.15. The molecule has 0 bridgehead atoms. The van der Waals surface area contributed by atoms with Crippen LogP contribution >= 0.6 is 0 Å². The smallest absolute Gasteiger partial charge is 0.249 e. The van der Waals surface area contributed by atoms with Crippen molar-refractivity contribution in [1.29, 1.82) is 0 Å². The molecule has 5 nitrogen and oxygen atoms in total. The summed E-state index contributed by atoms with van der Waals surface area (Å²) in [4.78, 5) is 12.4. The van der Waals surface area contributed by atoms with Crippen LogP contribution < -0.4 is 5.32 Å². The molecule has 0 aliphatic heterocycles. The number of carbonyl (C=O) groups excluding carboxylic acids is 1. The second kappa shape index (κ2) is 32.7. The van der Waals surface area contributed by atoms with Crippen LogP contribution in [0.25, 0.3) is 0 Å². The molecular weight excluding hydrogens is 522 g/mol. The molecule has 0 radical (unpaired) electrons. The van der Waals surface area contributed by atoms with Crippen molar-refractivity contribution in [3.8, 4) is 0 Å². The fourth-order valence-electron chi connectivity index (χ4n) is 5.40. The van der Waals surface area contributed by atoms with Crippen molar-refractivity contribution >= 4 is 5.91 Å². The van der Waals surface area contributed by atoms with E-state index in [-0.39, 0.29) is 6.61 Å². The number of amides is 1. The molecule has 0 rings (SSSR count). The van der Waals surface area contributed by atoms with E-state index in [0.717, 1.165) is 44.9 Å². The molecule has 0 saturated carbocycles. The number of carbonyl (C=O) groups is 1. The number of hydrogen-bond donors (Lipinski definition) is 4. The molecule has 3 unspecified atom stereocenters. The minimum Gasteiger partial charge on any atom is -0.394 e. The molecule has 0 heterocycles. The lowest BCUT2D eigenvalue weighted by Crippen LogP contribution is -2.49. The Balaban J connectivity index is 3.72. The van der Waals surface area contributed by atoms with Gasteiger partial charge in [0.1, 0.15) is 6.10 Å². The Kier molecular flexibility index (Phi) is 31.8. The van der Waals surface area contributed by atoms with E-state index in [1.54, 1.807) is 0 Å². The Bertz CT molecular complexity index is 621. The molecule has 42 heavy (non-hydrogen) atoms.